The van der Waals surface area contributed by atoms with Crippen molar-refractivity contribution in [1.29, 1.82) is 0 Å². The number of hydrogen-bond donors (Lipinski definition) is 1. The molecule has 1 rings (SSSR count). The molecule has 0 aliphatic heterocycles. The third kappa shape index (κ3) is 5.14. The Morgan fingerprint density at radius 3 is 2.31 bits per heavy atom. The molecule has 92 valence electrons. The molecular formula is C12H21NO3. The summed E-state index contributed by atoms with van der Waals surface area (Å²) in [4.78, 5) is 21.5. The highest BCUT2D eigenvalue weighted by atomic mass is 16.5. The number of nitrogens with one attached hydrogen (secondary N) is 1. The van der Waals surface area contributed by atoms with E-state index in [-0.39, 0.29) is 11.9 Å². The average Bonchev–Trinajstić information content (AvgIpc) is 2.19. The van der Waals surface area contributed by atoms with Gasteiger partial charge in [0.1, 0.15) is 0 Å². The fourth-order valence-electron chi connectivity index (χ4n) is 2.25. The van der Waals surface area contributed by atoms with Crippen molar-refractivity contribution < 1.29 is 14.3 Å². The van der Waals surface area contributed by atoms with E-state index >= 15 is 0 Å². The molecule has 16 heavy (non-hydrogen) atoms. The van der Waals surface area contributed by atoms with Gasteiger partial charge < -0.3 is 10.1 Å². The molecular weight excluding hydrogens is 206 g/mol. The molecule has 1 aliphatic rings. The monoisotopic (exact) mass is 227 g/mol. The SMILES string of the molecule is CC(=O)N[C@H]1CC[C@H](CCOC(C)=O)CC1. The highest BCUT2D eigenvalue weighted by Gasteiger charge is 2.21. The Morgan fingerprint density at radius 2 is 1.81 bits per heavy atom. The van der Waals surface area contributed by atoms with Gasteiger partial charge in [0.15, 0.2) is 0 Å². The van der Waals surface area contributed by atoms with E-state index in [4.69, 9.17) is 4.74 Å². The van der Waals surface area contributed by atoms with Crippen molar-refractivity contribution >= 4 is 11.9 Å². The minimum Gasteiger partial charge on any atom is -0.466 e. The van der Waals surface area contributed by atoms with E-state index in [2.05, 4.69) is 5.32 Å². The molecule has 0 bridgehead atoms. The van der Waals surface area contributed by atoms with Crippen LogP contribution in [0.3, 0.4) is 0 Å². The van der Waals surface area contributed by atoms with E-state index in [9.17, 15) is 9.59 Å². The van der Waals surface area contributed by atoms with Crippen molar-refractivity contribution in [3.8, 4) is 0 Å². The van der Waals surface area contributed by atoms with Crippen LogP contribution in [0.5, 0.6) is 0 Å². The predicted molar refractivity (Wildman–Crippen MR) is 60.8 cm³/mol. The normalized spacial score (nSPS) is 24.9. The highest BCUT2D eigenvalue weighted by Crippen LogP contribution is 2.26. The Balaban J connectivity index is 2.12. The minimum atomic E-state index is -0.202. The van der Waals surface area contributed by atoms with Gasteiger partial charge in [-0.2, -0.15) is 0 Å². The van der Waals surface area contributed by atoms with E-state index in [0.29, 0.717) is 18.6 Å². The van der Waals surface area contributed by atoms with Crippen molar-refractivity contribution in [2.75, 3.05) is 6.61 Å². The van der Waals surface area contributed by atoms with Crippen LogP contribution >= 0.6 is 0 Å². The summed E-state index contributed by atoms with van der Waals surface area (Å²) in [6, 6.07) is 0.350. The van der Waals surface area contributed by atoms with Crippen LogP contribution in [0.4, 0.5) is 0 Å². The Bertz CT molecular complexity index is 245. The zero-order valence-corrected chi connectivity index (χ0v) is 10.1. The summed E-state index contributed by atoms with van der Waals surface area (Å²) in [6.07, 6.45) is 5.28. The molecule has 0 aromatic rings. The molecule has 0 saturated heterocycles. The van der Waals surface area contributed by atoms with Crippen molar-refractivity contribution in [3.63, 3.8) is 0 Å². The topological polar surface area (TPSA) is 55.4 Å². The fourth-order valence-corrected chi connectivity index (χ4v) is 2.25. The third-order valence-corrected chi connectivity index (χ3v) is 3.09. The second kappa shape index (κ2) is 6.51. The number of carbonyl (C=O) groups is 2. The van der Waals surface area contributed by atoms with Gasteiger partial charge in [0, 0.05) is 19.9 Å². The first-order valence-electron chi connectivity index (χ1n) is 5.98. The highest BCUT2D eigenvalue weighted by molar-refractivity contribution is 5.73. The Morgan fingerprint density at radius 1 is 1.19 bits per heavy atom. The Labute approximate surface area is 96.7 Å². The standard InChI is InChI=1S/C12H21NO3/c1-9(14)13-12-5-3-11(4-6-12)7-8-16-10(2)15/h11-12H,3-8H2,1-2H3,(H,13,14)/t11-,12-. The van der Waals surface area contributed by atoms with Crippen molar-refractivity contribution in [2.24, 2.45) is 5.92 Å². The van der Waals surface area contributed by atoms with Gasteiger partial charge in [0.2, 0.25) is 5.91 Å². The number of carbonyl (C=O) groups excluding carboxylic acids is 2. The molecule has 0 spiro atoms. The van der Waals surface area contributed by atoms with Crippen LogP contribution < -0.4 is 5.32 Å². The summed E-state index contributed by atoms with van der Waals surface area (Å²) in [6.45, 7) is 3.53. The first kappa shape index (κ1) is 13.0. The molecule has 0 atom stereocenters. The average molecular weight is 227 g/mol. The number of hydrogen-bond acceptors (Lipinski definition) is 3. The molecule has 0 heterocycles. The minimum absolute atomic E-state index is 0.0587. The van der Waals surface area contributed by atoms with Gasteiger partial charge in [-0.15, -0.1) is 0 Å². The van der Waals surface area contributed by atoms with Gasteiger partial charge in [0.25, 0.3) is 0 Å². The summed E-state index contributed by atoms with van der Waals surface area (Å²) in [5.74, 6) is 0.500. The largest absolute Gasteiger partial charge is 0.466 e. The van der Waals surface area contributed by atoms with Gasteiger partial charge in [0.05, 0.1) is 6.61 Å². The number of esters is 1. The van der Waals surface area contributed by atoms with Crippen LogP contribution in [0.2, 0.25) is 0 Å². The molecule has 1 saturated carbocycles. The molecule has 1 amide bonds. The molecule has 1 aliphatic carbocycles. The summed E-state index contributed by atoms with van der Waals surface area (Å²) in [5, 5.41) is 2.95. The summed E-state index contributed by atoms with van der Waals surface area (Å²) in [5.41, 5.74) is 0. The van der Waals surface area contributed by atoms with Gasteiger partial charge in [-0.3, -0.25) is 9.59 Å². The van der Waals surface area contributed by atoms with Crippen LogP contribution in [-0.2, 0) is 14.3 Å². The lowest BCUT2D eigenvalue weighted by Crippen LogP contribution is -2.36. The van der Waals surface area contributed by atoms with Crippen LogP contribution in [-0.4, -0.2) is 24.5 Å². The molecule has 0 unspecified atom stereocenters. The molecule has 0 aromatic carbocycles. The molecule has 0 aromatic heterocycles. The molecule has 0 radical (unpaired) electrons. The summed E-state index contributed by atoms with van der Waals surface area (Å²) < 4.78 is 4.93. The predicted octanol–water partition coefficient (Wildman–Crippen LogP) is 1.63. The Kier molecular flexibility index (Phi) is 5.29. The molecule has 1 fully saturated rings. The maximum absolute atomic E-state index is 10.9. The van der Waals surface area contributed by atoms with Gasteiger partial charge in [-0.1, -0.05) is 0 Å². The van der Waals surface area contributed by atoms with E-state index in [1.165, 1.54) is 6.92 Å². The number of amides is 1. The summed E-state index contributed by atoms with van der Waals surface area (Å²) in [7, 11) is 0. The molecule has 4 heteroatoms. The van der Waals surface area contributed by atoms with Crippen LogP contribution in [0.25, 0.3) is 0 Å². The zero-order chi connectivity index (χ0) is 12.0. The number of ether oxygens (including phenoxy) is 1. The zero-order valence-electron chi connectivity index (χ0n) is 10.1. The molecule has 4 nitrogen and oxygen atoms in total. The van der Waals surface area contributed by atoms with Crippen molar-refractivity contribution in [3.05, 3.63) is 0 Å². The lowest BCUT2D eigenvalue weighted by Gasteiger charge is -2.28. The van der Waals surface area contributed by atoms with Crippen LogP contribution in [0.15, 0.2) is 0 Å². The maximum Gasteiger partial charge on any atom is 0.302 e. The van der Waals surface area contributed by atoms with Gasteiger partial charge in [-0.25, -0.2) is 0 Å². The van der Waals surface area contributed by atoms with Crippen molar-refractivity contribution in [2.45, 2.75) is 52.0 Å². The maximum atomic E-state index is 10.9. The number of rotatable bonds is 4. The van der Waals surface area contributed by atoms with E-state index < -0.39 is 0 Å². The lowest BCUT2D eigenvalue weighted by atomic mass is 9.84. The van der Waals surface area contributed by atoms with E-state index in [1.54, 1.807) is 6.92 Å². The lowest BCUT2D eigenvalue weighted by molar-refractivity contribution is -0.141. The second-order valence-electron chi connectivity index (χ2n) is 4.55. The van der Waals surface area contributed by atoms with Crippen molar-refractivity contribution in [1.82, 2.24) is 5.32 Å². The van der Waals surface area contributed by atoms with Crippen LogP contribution in [0.1, 0.15) is 46.0 Å². The van der Waals surface area contributed by atoms with E-state index in [1.807, 2.05) is 0 Å². The smallest absolute Gasteiger partial charge is 0.302 e. The third-order valence-electron chi connectivity index (χ3n) is 3.09. The second-order valence-corrected chi connectivity index (χ2v) is 4.55. The van der Waals surface area contributed by atoms with Gasteiger partial charge >= 0.3 is 5.97 Å². The first-order valence-corrected chi connectivity index (χ1v) is 5.98. The Hall–Kier alpha value is -1.06. The molecule has 1 N–H and O–H groups in total. The van der Waals surface area contributed by atoms with Gasteiger partial charge in [-0.05, 0) is 38.0 Å². The fraction of sp³-hybridized carbons (Fsp3) is 0.833. The quantitative estimate of drug-likeness (QED) is 0.743. The summed E-state index contributed by atoms with van der Waals surface area (Å²) >= 11 is 0. The first-order chi connectivity index (χ1) is 7.58. The van der Waals surface area contributed by atoms with Crippen LogP contribution in [0, 0.1) is 5.92 Å². The van der Waals surface area contributed by atoms with E-state index in [0.717, 1.165) is 32.1 Å².